The van der Waals surface area contributed by atoms with Crippen LogP contribution in [0.4, 0.5) is 5.82 Å². The highest BCUT2D eigenvalue weighted by Crippen LogP contribution is 2.27. The summed E-state index contributed by atoms with van der Waals surface area (Å²) in [5.74, 6) is 1.69. The summed E-state index contributed by atoms with van der Waals surface area (Å²) in [6.07, 6.45) is 10.7. The summed E-state index contributed by atoms with van der Waals surface area (Å²) < 4.78 is 2.13. The van der Waals surface area contributed by atoms with Crippen molar-refractivity contribution in [2.75, 3.05) is 12.3 Å². The number of hydrogen-bond acceptors (Lipinski definition) is 4. The van der Waals surface area contributed by atoms with Crippen molar-refractivity contribution in [2.24, 2.45) is 0 Å². The van der Waals surface area contributed by atoms with E-state index in [2.05, 4.69) is 21.6 Å². The largest absolute Gasteiger partial charge is 0.382 e. The maximum Gasteiger partial charge on any atom is 0.149 e. The molecular formula is C15H23N5. The Labute approximate surface area is 119 Å². The maximum atomic E-state index is 6.08. The maximum absolute atomic E-state index is 6.08. The number of nitrogens with zero attached hydrogens (tertiary/aromatic N) is 3. The van der Waals surface area contributed by atoms with Gasteiger partial charge in [-0.3, -0.25) is 4.40 Å². The highest BCUT2D eigenvalue weighted by atomic mass is 15.1. The molecule has 1 fully saturated rings. The van der Waals surface area contributed by atoms with Crippen LogP contribution in [0.3, 0.4) is 0 Å². The lowest BCUT2D eigenvalue weighted by atomic mass is 10.1. The van der Waals surface area contributed by atoms with Crippen LogP contribution in [0.5, 0.6) is 0 Å². The Morgan fingerprint density at radius 1 is 1.45 bits per heavy atom. The van der Waals surface area contributed by atoms with Crippen molar-refractivity contribution in [3.8, 4) is 0 Å². The number of hydrogen-bond donors (Lipinski definition) is 2. The molecule has 0 aromatic carbocycles. The van der Waals surface area contributed by atoms with Gasteiger partial charge in [0.25, 0.3) is 0 Å². The van der Waals surface area contributed by atoms with Crippen LogP contribution in [0.15, 0.2) is 12.4 Å². The van der Waals surface area contributed by atoms with Gasteiger partial charge in [-0.1, -0.05) is 19.8 Å². The minimum absolute atomic E-state index is 0.351. The standard InChI is InChI=1S/C15H23N5/c1-2-3-4-6-11-13-14(16)18-9-10-20(13)15(19-11)12-7-5-8-17-12/h9-10,12,17H,2-8H2,1H3,(H2,16,18)/t12-/m0/s1. The summed E-state index contributed by atoms with van der Waals surface area (Å²) in [5, 5.41) is 3.52. The van der Waals surface area contributed by atoms with Crippen molar-refractivity contribution in [1.29, 1.82) is 0 Å². The van der Waals surface area contributed by atoms with Gasteiger partial charge in [0.1, 0.15) is 17.2 Å². The number of anilines is 1. The third-order valence-corrected chi connectivity index (χ3v) is 4.07. The summed E-state index contributed by atoms with van der Waals surface area (Å²) in [6, 6.07) is 0.351. The molecular weight excluding hydrogens is 250 g/mol. The SMILES string of the molecule is CCCCCc1nc([C@@H]2CCCN2)n2ccnc(N)c12. The van der Waals surface area contributed by atoms with Crippen molar-refractivity contribution in [3.63, 3.8) is 0 Å². The Balaban J connectivity index is 2.00. The smallest absolute Gasteiger partial charge is 0.149 e. The van der Waals surface area contributed by atoms with Gasteiger partial charge in [0.2, 0.25) is 0 Å². The van der Waals surface area contributed by atoms with Gasteiger partial charge in [0, 0.05) is 12.4 Å². The minimum Gasteiger partial charge on any atom is -0.382 e. The Bertz CT molecular complexity index is 583. The van der Waals surface area contributed by atoms with Gasteiger partial charge in [-0.2, -0.15) is 0 Å². The molecule has 2 aromatic rings. The summed E-state index contributed by atoms with van der Waals surface area (Å²) in [4.78, 5) is 9.12. The van der Waals surface area contributed by atoms with E-state index in [0.717, 1.165) is 42.8 Å². The fraction of sp³-hybridized carbons (Fsp3) is 0.600. The second-order valence-electron chi connectivity index (χ2n) is 5.55. The summed E-state index contributed by atoms with van der Waals surface area (Å²) in [6.45, 7) is 3.29. The van der Waals surface area contributed by atoms with Crippen molar-refractivity contribution in [2.45, 2.75) is 51.5 Å². The highest BCUT2D eigenvalue weighted by molar-refractivity contribution is 5.69. The number of nitrogen functional groups attached to an aromatic ring is 1. The predicted molar refractivity (Wildman–Crippen MR) is 80.6 cm³/mol. The fourth-order valence-corrected chi connectivity index (χ4v) is 3.03. The van der Waals surface area contributed by atoms with Gasteiger partial charge < -0.3 is 11.1 Å². The van der Waals surface area contributed by atoms with Crippen LogP contribution >= 0.6 is 0 Å². The number of unbranched alkanes of at least 4 members (excludes halogenated alkanes) is 2. The van der Waals surface area contributed by atoms with Gasteiger partial charge in [-0.05, 0) is 32.2 Å². The Hall–Kier alpha value is -1.62. The Morgan fingerprint density at radius 3 is 3.10 bits per heavy atom. The highest BCUT2D eigenvalue weighted by Gasteiger charge is 2.23. The summed E-state index contributed by atoms with van der Waals surface area (Å²) >= 11 is 0. The molecule has 0 amide bonds. The fourth-order valence-electron chi connectivity index (χ4n) is 3.03. The number of nitrogens with two attached hydrogens (primary N) is 1. The summed E-state index contributed by atoms with van der Waals surface area (Å²) in [5.41, 5.74) is 8.19. The van der Waals surface area contributed by atoms with E-state index in [1.54, 1.807) is 6.20 Å². The second kappa shape index (κ2) is 5.79. The molecule has 0 spiro atoms. The molecule has 0 unspecified atom stereocenters. The van der Waals surface area contributed by atoms with E-state index < -0.39 is 0 Å². The topological polar surface area (TPSA) is 68.2 Å². The lowest BCUT2D eigenvalue weighted by molar-refractivity contribution is 0.599. The number of fused-ring (bicyclic) bond motifs is 1. The molecule has 108 valence electrons. The van der Waals surface area contributed by atoms with Crippen molar-refractivity contribution < 1.29 is 0 Å². The van der Waals surface area contributed by atoms with E-state index in [1.165, 1.54) is 19.3 Å². The van der Waals surface area contributed by atoms with Crippen LogP contribution in [0, 0.1) is 0 Å². The predicted octanol–water partition coefficient (Wildman–Crippen LogP) is 2.47. The van der Waals surface area contributed by atoms with E-state index >= 15 is 0 Å². The third-order valence-electron chi connectivity index (χ3n) is 4.07. The first kappa shape index (κ1) is 13.4. The summed E-state index contributed by atoms with van der Waals surface area (Å²) in [7, 11) is 0. The zero-order chi connectivity index (χ0) is 13.9. The molecule has 3 rings (SSSR count). The van der Waals surface area contributed by atoms with Crippen LogP contribution in [0.1, 0.15) is 56.6 Å². The Kier molecular flexibility index (Phi) is 3.87. The van der Waals surface area contributed by atoms with E-state index in [9.17, 15) is 0 Å². The number of aryl methyl sites for hydroxylation is 1. The van der Waals surface area contributed by atoms with Gasteiger partial charge >= 0.3 is 0 Å². The monoisotopic (exact) mass is 273 g/mol. The second-order valence-corrected chi connectivity index (χ2v) is 5.55. The average molecular weight is 273 g/mol. The molecule has 3 N–H and O–H groups in total. The van der Waals surface area contributed by atoms with Gasteiger partial charge in [0.15, 0.2) is 0 Å². The van der Waals surface area contributed by atoms with Crippen LogP contribution in [0.2, 0.25) is 0 Å². The molecule has 20 heavy (non-hydrogen) atoms. The van der Waals surface area contributed by atoms with Crippen LogP contribution in [-0.2, 0) is 6.42 Å². The first-order chi connectivity index (χ1) is 9.81. The van der Waals surface area contributed by atoms with E-state index in [4.69, 9.17) is 10.7 Å². The van der Waals surface area contributed by atoms with Crippen LogP contribution in [0.25, 0.3) is 5.52 Å². The minimum atomic E-state index is 0.351. The lowest BCUT2D eigenvalue weighted by Crippen LogP contribution is -2.16. The molecule has 0 saturated carbocycles. The lowest BCUT2D eigenvalue weighted by Gasteiger charge is -2.08. The third kappa shape index (κ3) is 2.38. The van der Waals surface area contributed by atoms with Crippen molar-refractivity contribution in [3.05, 3.63) is 23.9 Å². The molecule has 1 aliphatic rings. The number of nitrogens with one attached hydrogen (secondary N) is 1. The quantitative estimate of drug-likeness (QED) is 0.821. The van der Waals surface area contributed by atoms with Crippen LogP contribution < -0.4 is 11.1 Å². The van der Waals surface area contributed by atoms with Gasteiger partial charge in [-0.25, -0.2) is 9.97 Å². The molecule has 1 saturated heterocycles. The molecule has 0 aliphatic carbocycles. The van der Waals surface area contributed by atoms with Gasteiger partial charge in [-0.15, -0.1) is 0 Å². The first-order valence-corrected chi connectivity index (χ1v) is 7.66. The van der Waals surface area contributed by atoms with Crippen molar-refractivity contribution in [1.82, 2.24) is 19.7 Å². The molecule has 2 aromatic heterocycles. The van der Waals surface area contributed by atoms with E-state index in [0.29, 0.717) is 11.9 Å². The Morgan fingerprint density at radius 2 is 2.35 bits per heavy atom. The number of rotatable bonds is 5. The molecule has 0 bridgehead atoms. The molecule has 1 aliphatic heterocycles. The molecule has 5 heteroatoms. The molecule has 3 heterocycles. The molecule has 5 nitrogen and oxygen atoms in total. The first-order valence-electron chi connectivity index (χ1n) is 7.66. The molecule has 1 atom stereocenters. The zero-order valence-corrected chi connectivity index (χ0v) is 12.1. The zero-order valence-electron chi connectivity index (χ0n) is 12.1. The van der Waals surface area contributed by atoms with Gasteiger partial charge in [0.05, 0.1) is 11.7 Å². The normalized spacial score (nSPS) is 18.9. The van der Waals surface area contributed by atoms with Crippen LogP contribution in [-0.4, -0.2) is 20.9 Å². The average Bonchev–Trinajstić information content (AvgIpc) is 3.07. The number of aromatic nitrogens is 3. The van der Waals surface area contributed by atoms with Crippen molar-refractivity contribution >= 4 is 11.3 Å². The van der Waals surface area contributed by atoms with E-state index in [1.807, 2.05) is 6.20 Å². The number of imidazole rings is 1. The van der Waals surface area contributed by atoms with E-state index in [-0.39, 0.29) is 0 Å². The molecule has 0 radical (unpaired) electrons.